The maximum absolute atomic E-state index is 12.4. The molecule has 4 nitrogen and oxygen atoms in total. The molecular formula is C20H28N2O2S. The summed E-state index contributed by atoms with van der Waals surface area (Å²) in [6.45, 7) is 14.8. The van der Waals surface area contributed by atoms with Gasteiger partial charge in [0.2, 0.25) is 0 Å². The minimum atomic E-state index is -0.212. The summed E-state index contributed by atoms with van der Waals surface area (Å²) in [6.07, 6.45) is 1.81. The maximum Gasteiger partial charge on any atom is 0.276 e. The molecule has 0 aromatic heterocycles. The normalized spacial score (nSPS) is 17.4. The first-order valence-corrected chi connectivity index (χ1v) is 8.99. The van der Waals surface area contributed by atoms with Crippen molar-refractivity contribution in [3.63, 3.8) is 0 Å². The molecule has 1 aromatic rings. The number of amides is 1. The van der Waals surface area contributed by atoms with E-state index in [1.807, 2.05) is 25.1 Å². The van der Waals surface area contributed by atoms with Gasteiger partial charge in [-0.2, -0.15) is 0 Å². The lowest BCUT2D eigenvalue weighted by Crippen LogP contribution is -2.30. The van der Waals surface area contributed by atoms with Crippen LogP contribution in [0.1, 0.15) is 65.2 Å². The number of phenols is 1. The first-order chi connectivity index (χ1) is 11.4. The highest BCUT2D eigenvalue weighted by Crippen LogP contribution is 2.40. The first-order valence-electron chi connectivity index (χ1n) is 8.58. The SMILES string of the molecule is CCN1C(=O)/C(=C\c2cc(C(C)(C)C)c(O)c(C(C)(C)C)c2)NC1=S. The van der Waals surface area contributed by atoms with Crippen molar-refractivity contribution in [2.45, 2.75) is 59.3 Å². The molecule has 1 aromatic carbocycles. The Morgan fingerprint density at radius 2 is 1.60 bits per heavy atom. The van der Waals surface area contributed by atoms with Crippen molar-refractivity contribution in [3.8, 4) is 5.75 Å². The molecule has 136 valence electrons. The molecule has 1 heterocycles. The number of carbonyl (C=O) groups is 1. The molecule has 2 N–H and O–H groups in total. The topological polar surface area (TPSA) is 52.6 Å². The van der Waals surface area contributed by atoms with E-state index in [1.165, 1.54) is 4.90 Å². The van der Waals surface area contributed by atoms with Gasteiger partial charge in [0, 0.05) is 17.7 Å². The van der Waals surface area contributed by atoms with Crippen LogP contribution in [-0.4, -0.2) is 27.6 Å². The fourth-order valence-electron chi connectivity index (χ4n) is 2.91. The zero-order valence-corrected chi connectivity index (χ0v) is 17.0. The number of carbonyl (C=O) groups excluding carboxylic acids is 1. The number of phenolic OH excluding ortho intramolecular Hbond substituents is 1. The van der Waals surface area contributed by atoms with Crippen LogP contribution >= 0.6 is 12.2 Å². The van der Waals surface area contributed by atoms with Crippen LogP contribution in [0.15, 0.2) is 17.8 Å². The minimum Gasteiger partial charge on any atom is -0.507 e. The molecule has 0 aliphatic carbocycles. The summed E-state index contributed by atoms with van der Waals surface area (Å²) >= 11 is 5.21. The fraction of sp³-hybridized carbons (Fsp3) is 0.500. The van der Waals surface area contributed by atoms with Crippen LogP contribution in [0.4, 0.5) is 0 Å². The number of nitrogens with zero attached hydrogens (tertiary/aromatic N) is 1. The molecule has 1 amide bonds. The van der Waals surface area contributed by atoms with Gasteiger partial charge < -0.3 is 10.4 Å². The van der Waals surface area contributed by atoms with Crippen molar-refractivity contribution >= 4 is 29.3 Å². The molecule has 1 saturated heterocycles. The van der Waals surface area contributed by atoms with E-state index < -0.39 is 0 Å². The van der Waals surface area contributed by atoms with Crippen molar-refractivity contribution in [2.24, 2.45) is 0 Å². The molecule has 25 heavy (non-hydrogen) atoms. The van der Waals surface area contributed by atoms with E-state index in [4.69, 9.17) is 12.2 Å². The van der Waals surface area contributed by atoms with Crippen LogP contribution in [0.3, 0.4) is 0 Å². The predicted octanol–water partition coefficient (Wildman–Crippen LogP) is 4.06. The highest BCUT2D eigenvalue weighted by Gasteiger charge is 2.30. The van der Waals surface area contributed by atoms with E-state index in [0.29, 0.717) is 23.1 Å². The summed E-state index contributed by atoms with van der Waals surface area (Å²) in [5.41, 5.74) is 2.66. The summed E-state index contributed by atoms with van der Waals surface area (Å²) in [7, 11) is 0. The Hall–Kier alpha value is -1.88. The Bertz CT molecular complexity index is 717. The zero-order chi connectivity index (χ0) is 19.2. The van der Waals surface area contributed by atoms with Crippen molar-refractivity contribution in [2.75, 3.05) is 6.54 Å². The Morgan fingerprint density at radius 1 is 1.12 bits per heavy atom. The molecule has 0 bridgehead atoms. The van der Waals surface area contributed by atoms with Gasteiger partial charge in [-0.25, -0.2) is 0 Å². The molecule has 2 rings (SSSR count). The lowest BCUT2D eigenvalue weighted by Gasteiger charge is -2.28. The zero-order valence-electron chi connectivity index (χ0n) is 16.2. The largest absolute Gasteiger partial charge is 0.507 e. The number of aromatic hydroxyl groups is 1. The monoisotopic (exact) mass is 360 g/mol. The number of thiocarbonyl (C=S) groups is 1. The highest BCUT2D eigenvalue weighted by molar-refractivity contribution is 7.80. The second-order valence-electron chi connectivity index (χ2n) is 8.50. The van der Waals surface area contributed by atoms with Gasteiger partial charge in [-0.1, -0.05) is 41.5 Å². The van der Waals surface area contributed by atoms with Gasteiger partial charge in [0.05, 0.1) is 0 Å². The van der Waals surface area contributed by atoms with Gasteiger partial charge in [-0.3, -0.25) is 9.69 Å². The Morgan fingerprint density at radius 3 is 1.96 bits per heavy atom. The van der Waals surface area contributed by atoms with Crippen molar-refractivity contribution in [1.82, 2.24) is 10.2 Å². The third-order valence-corrected chi connectivity index (χ3v) is 4.66. The molecule has 0 spiro atoms. The number of hydrogen-bond donors (Lipinski definition) is 2. The standard InChI is InChI=1S/C20H28N2O2S/c1-8-22-17(24)15(21-18(22)25)11-12-9-13(19(2,3)4)16(23)14(10-12)20(5,6)7/h9-11,23H,8H2,1-7H3,(H,21,25)/b15-11+. The van der Waals surface area contributed by atoms with Gasteiger partial charge in [-0.05, 0) is 53.7 Å². The Kier molecular flexibility index (Phi) is 5.01. The van der Waals surface area contributed by atoms with Crippen molar-refractivity contribution in [3.05, 3.63) is 34.5 Å². The predicted molar refractivity (Wildman–Crippen MR) is 107 cm³/mol. The van der Waals surface area contributed by atoms with E-state index >= 15 is 0 Å². The second-order valence-corrected chi connectivity index (χ2v) is 8.89. The lowest BCUT2D eigenvalue weighted by atomic mass is 9.78. The highest BCUT2D eigenvalue weighted by atomic mass is 32.1. The number of benzene rings is 1. The number of hydrogen-bond acceptors (Lipinski definition) is 3. The second kappa shape index (κ2) is 6.45. The van der Waals surface area contributed by atoms with Gasteiger partial charge in [0.15, 0.2) is 5.11 Å². The molecule has 0 unspecified atom stereocenters. The summed E-state index contributed by atoms with van der Waals surface area (Å²) in [6, 6.07) is 3.90. The average molecular weight is 361 g/mol. The van der Waals surface area contributed by atoms with Crippen LogP contribution in [0, 0.1) is 0 Å². The molecular weight excluding hydrogens is 332 g/mol. The fourth-order valence-corrected chi connectivity index (χ4v) is 3.23. The van der Waals surface area contributed by atoms with Gasteiger partial charge in [0.1, 0.15) is 11.4 Å². The summed E-state index contributed by atoms with van der Waals surface area (Å²) in [5, 5.41) is 14.2. The summed E-state index contributed by atoms with van der Waals surface area (Å²) < 4.78 is 0. The van der Waals surface area contributed by atoms with Gasteiger partial charge >= 0.3 is 0 Å². The van der Waals surface area contributed by atoms with Gasteiger partial charge in [-0.15, -0.1) is 0 Å². The Labute approximate surface area is 155 Å². The van der Waals surface area contributed by atoms with E-state index in [9.17, 15) is 9.90 Å². The Balaban J connectivity index is 2.62. The molecule has 5 heteroatoms. The van der Waals surface area contributed by atoms with Crippen molar-refractivity contribution in [1.29, 1.82) is 0 Å². The van der Waals surface area contributed by atoms with Crippen LogP contribution in [0.2, 0.25) is 0 Å². The third kappa shape index (κ3) is 3.87. The molecule has 0 saturated carbocycles. The number of likely N-dealkylation sites (N-methyl/N-ethyl adjacent to an activating group) is 1. The van der Waals surface area contributed by atoms with E-state index in [-0.39, 0.29) is 16.7 Å². The van der Waals surface area contributed by atoms with E-state index in [0.717, 1.165) is 16.7 Å². The van der Waals surface area contributed by atoms with Crippen LogP contribution in [0.25, 0.3) is 6.08 Å². The molecule has 1 aliphatic heterocycles. The van der Waals surface area contributed by atoms with Crippen LogP contribution in [0.5, 0.6) is 5.75 Å². The van der Waals surface area contributed by atoms with E-state index in [2.05, 4.69) is 46.9 Å². The minimum absolute atomic E-state index is 0.116. The summed E-state index contributed by atoms with van der Waals surface area (Å²) in [5.74, 6) is 0.216. The molecule has 0 radical (unpaired) electrons. The molecule has 1 aliphatic rings. The van der Waals surface area contributed by atoms with Crippen LogP contribution in [-0.2, 0) is 15.6 Å². The first kappa shape index (κ1) is 19.4. The number of nitrogens with one attached hydrogen (secondary N) is 1. The maximum atomic E-state index is 12.4. The third-order valence-electron chi connectivity index (χ3n) is 4.34. The smallest absolute Gasteiger partial charge is 0.276 e. The lowest BCUT2D eigenvalue weighted by molar-refractivity contribution is -0.122. The quantitative estimate of drug-likeness (QED) is 0.617. The van der Waals surface area contributed by atoms with Gasteiger partial charge in [0.25, 0.3) is 5.91 Å². The molecule has 0 atom stereocenters. The van der Waals surface area contributed by atoms with Crippen LogP contribution < -0.4 is 5.32 Å². The molecule has 1 fully saturated rings. The average Bonchev–Trinajstić information content (AvgIpc) is 2.72. The summed E-state index contributed by atoms with van der Waals surface area (Å²) in [4.78, 5) is 14.0. The number of rotatable bonds is 2. The van der Waals surface area contributed by atoms with E-state index in [1.54, 1.807) is 0 Å². The van der Waals surface area contributed by atoms with Crippen molar-refractivity contribution < 1.29 is 9.90 Å².